The topological polar surface area (TPSA) is 17.1 Å². The van der Waals surface area contributed by atoms with E-state index in [0.29, 0.717) is 5.92 Å². The van der Waals surface area contributed by atoms with Crippen LogP contribution < -0.4 is 0 Å². The Morgan fingerprint density at radius 2 is 1.18 bits per heavy atom. The highest BCUT2D eigenvalue weighted by Crippen LogP contribution is 2.31. The molecule has 1 fully saturated rings. The van der Waals surface area contributed by atoms with Gasteiger partial charge >= 0.3 is 0 Å². The summed E-state index contributed by atoms with van der Waals surface area (Å²) in [6, 6.07) is 20.2. The number of carbonyl (C=O) groups excluding carboxylic acids is 1. The highest BCUT2D eigenvalue weighted by Gasteiger charge is 2.25. The van der Waals surface area contributed by atoms with Crippen LogP contribution in [-0.4, -0.2) is 5.78 Å². The zero-order valence-corrected chi connectivity index (χ0v) is 12.8. The third-order valence-electron chi connectivity index (χ3n) is 4.00. The number of hydrogen-bond donors (Lipinski definition) is 0. The Morgan fingerprint density at radius 1 is 0.773 bits per heavy atom. The van der Waals surface area contributed by atoms with Gasteiger partial charge in [-0.05, 0) is 42.0 Å². The van der Waals surface area contributed by atoms with Crippen LogP contribution in [0.2, 0.25) is 0 Å². The molecular weight excluding hydrogens is 268 g/mol. The van der Waals surface area contributed by atoms with Gasteiger partial charge in [0.1, 0.15) is 0 Å². The molecule has 1 heteroatoms. The second-order valence-electron chi connectivity index (χ2n) is 6.00. The largest absolute Gasteiger partial charge is 0.289 e. The van der Waals surface area contributed by atoms with E-state index in [9.17, 15) is 4.79 Å². The zero-order valence-electron chi connectivity index (χ0n) is 12.8. The van der Waals surface area contributed by atoms with Crippen molar-refractivity contribution in [3.63, 3.8) is 0 Å². The summed E-state index contributed by atoms with van der Waals surface area (Å²) >= 11 is 0. The molecule has 1 nitrogen and oxygen atoms in total. The first-order chi connectivity index (χ1) is 10.7. The fraction of sp³-hybridized carbons (Fsp3) is 0.190. The highest BCUT2D eigenvalue weighted by atomic mass is 16.1. The molecule has 0 N–H and O–H groups in total. The third-order valence-corrected chi connectivity index (χ3v) is 4.00. The van der Waals surface area contributed by atoms with Gasteiger partial charge in [0.15, 0.2) is 5.78 Å². The van der Waals surface area contributed by atoms with Gasteiger partial charge in [-0.3, -0.25) is 4.79 Å². The van der Waals surface area contributed by atoms with Crippen molar-refractivity contribution < 1.29 is 4.79 Å². The van der Waals surface area contributed by atoms with Gasteiger partial charge in [-0.15, -0.1) is 0 Å². The molecule has 0 radical (unpaired) electrons. The van der Waals surface area contributed by atoms with E-state index >= 15 is 0 Å². The molecular formula is C21H20O. The van der Waals surface area contributed by atoms with Crippen molar-refractivity contribution in [2.24, 2.45) is 5.92 Å². The summed E-state index contributed by atoms with van der Waals surface area (Å²) in [5.41, 5.74) is 4.04. The van der Waals surface area contributed by atoms with E-state index in [2.05, 4.69) is 6.92 Å². The second kappa shape index (κ2) is 6.57. The summed E-state index contributed by atoms with van der Waals surface area (Å²) in [5, 5.41) is 0. The number of rotatable bonds is 2. The zero-order chi connectivity index (χ0) is 15.4. The summed E-state index contributed by atoms with van der Waals surface area (Å²) in [6.07, 6.45) is 5.80. The van der Waals surface area contributed by atoms with Crippen LogP contribution in [0.1, 0.15) is 30.9 Å². The second-order valence-corrected chi connectivity index (χ2v) is 6.00. The van der Waals surface area contributed by atoms with Crippen molar-refractivity contribution >= 4 is 17.9 Å². The van der Waals surface area contributed by atoms with E-state index in [0.717, 1.165) is 35.1 Å². The maximum atomic E-state index is 12.7. The van der Waals surface area contributed by atoms with Crippen molar-refractivity contribution in [2.75, 3.05) is 0 Å². The van der Waals surface area contributed by atoms with Crippen molar-refractivity contribution in [3.05, 3.63) is 82.9 Å². The normalized spacial score (nSPS) is 22.2. The molecule has 0 heterocycles. The summed E-state index contributed by atoms with van der Waals surface area (Å²) < 4.78 is 0. The molecule has 0 aromatic heterocycles. The van der Waals surface area contributed by atoms with Crippen molar-refractivity contribution in [3.8, 4) is 0 Å². The molecule has 2 aromatic carbocycles. The van der Waals surface area contributed by atoms with Crippen LogP contribution in [0.5, 0.6) is 0 Å². The van der Waals surface area contributed by atoms with E-state index in [1.165, 1.54) is 0 Å². The van der Waals surface area contributed by atoms with Crippen LogP contribution in [0.3, 0.4) is 0 Å². The number of carbonyl (C=O) groups is 1. The Bertz CT molecular complexity index is 647. The van der Waals surface area contributed by atoms with Crippen LogP contribution in [0.25, 0.3) is 12.2 Å². The van der Waals surface area contributed by atoms with Crippen molar-refractivity contribution in [2.45, 2.75) is 19.8 Å². The van der Waals surface area contributed by atoms with E-state index in [-0.39, 0.29) is 5.78 Å². The first kappa shape index (κ1) is 14.5. The minimum Gasteiger partial charge on any atom is -0.289 e. The molecule has 1 atom stereocenters. The molecule has 0 aliphatic heterocycles. The lowest BCUT2D eigenvalue weighted by molar-refractivity contribution is -0.113. The fourth-order valence-electron chi connectivity index (χ4n) is 2.96. The highest BCUT2D eigenvalue weighted by molar-refractivity contribution is 6.14. The molecule has 2 aromatic rings. The Labute approximate surface area is 132 Å². The predicted molar refractivity (Wildman–Crippen MR) is 92.2 cm³/mol. The van der Waals surface area contributed by atoms with Crippen LogP contribution in [0.15, 0.2) is 71.8 Å². The Morgan fingerprint density at radius 3 is 1.59 bits per heavy atom. The molecule has 1 saturated carbocycles. The quantitative estimate of drug-likeness (QED) is 0.698. The van der Waals surface area contributed by atoms with Crippen LogP contribution in [0, 0.1) is 5.92 Å². The van der Waals surface area contributed by atoms with Gasteiger partial charge in [0.2, 0.25) is 0 Å². The van der Waals surface area contributed by atoms with Gasteiger partial charge in [0.25, 0.3) is 0 Å². The lowest BCUT2D eigenvalue weighted by atomic mass is 9.81. The third kappa shape index (κ3) is 3.43. The van der Waals surface area contributed by atoms with E-state index < -0.39 is 0 Å². The molecule has 0 amide bonds. The molecule has 22 heavy (non-hydrogen) atoms. The first-order valence-electron chi connectivity index (χ1n) is 7.78. The smallest absolute Gasteiger partial charge is 0.185 e. The number of benzene rings is 2. The van der Waals surface area contributed by atoms with E-state index in [4.69, 9.17) is 0 Å². The van der Waals surface area contributed by atoms with Crippen molar-refractivity contribution in [1.82, 2.24) is 0 Å². The standard InChI is InChI=1S/C21H20O/c1-16-12-19(14-17-8-4-2-5-9-17)21(22)20(13-16)15-18-10-6-3-7-11-18/h2-11,14-16H,12-13H2,1H3/b19-14-,20-15+. The number of hydrogen-bond acceptors (Lipinski definition) is 1. The van der Waals surface area contributed by atoms with Crippen LogP contribution >= 0.6 is 0 Å². The lowest BCUT2D eigenvalue weighted by Gasteiger charge is -2.22. The lowest BCUT2D eigenvalue weighted by Crippen LogP contribution is -2.18. The molecule has 1 unspecified atom stereocenters. The minimum atomic E-state index is 0.200. The number of Topliss-reactive ketones (excluding diaryl/α,β-unsaturated/α-hetero) is 1. The Hall–Kier alpha value is -2.41. The summed E-state index contributed by atoms with van der Waals surface area (Å²) in [4.78, 5) is 12.7. The molecule has 0 saturated heterocycles. The van der Waals surface area contributed by atoms with Gasteiger partial charge in [-0.25, -0.2) is 0 Å². The predicted octanol–water partition coefficient (Wildman–Crippen LogP) is 5.15. The van der Waals surface area contributed by atoms with Crippen LogP contribution in [-0.2, 0) is 4.79 Å². The Balaban J connectivity index is 1.92. The summed E-state index contributed by atoms with van der Waals surface area (Å²) in [5.74, 6) is 0.702. The molecule has 0 spiro atoms. The van der Waals surface area contributed by atoms with Gasteiger partial charge in [-0.2, -0.15) is 0 Å². The number of ketones is 1. The average molecular weight is 288 g/mol. The van der Waals surface area contributed by atoms with Crippen LogP contribution in [0.4, 0.5) is 0 Å². The van der Waals surface area contributed by atoms with E-state index in [1.54, 1.807) is 0 Å². The molecule has 3 rings (SSSR count). The number of allylic oxidation sites excluding steroid dienone is 2. The molecule has 110 valence electrons. The Kier molecular flexibility index (Phi) is 4.34. The fourth-order valence-corrected chi connectivity index (χ4v) is 2.96. The molecule has 1 aliphatic carbocycles. The average Bonchev–Trinajstić information content (AvgIpc) is 2.54. The molecule has 0 bridgehead atoms. The van der Waals surface area contributed by atoms with Gasteiger partial charge in [0, 0.05) is 11.1 Å². The van der Waals surface area contributed by atoms with Gasteiger partial charge in [0.05, 0.1) is 0 Å². The minimum absolute atomic E-state index is 0.200. The monoisotopic (exact) mass is 288 g/mol. The maximum absolute atomic E-state index is 12.7. The van der Waals surface area contributed by atoms with E-state index in [1.807, 2.05) is 72.8 Å². The summed E-state index contributed by atoms with van der Waals surface area (Å²) in [6.45, 7) is 2.21. The SMILES string of the molecule is CC1C/C(=C/c2ccccc2)C(=O)/C(=C/c2ccccc2)C1. The molecule has 1 aliphatic rings. The summed E-state index contributed by atoms with van der Waals surface area (Å²) in [7, 11) is 0. The maximum Gasteiger partial charge on any atom is 0.185 e. The first-order valence-corrected chi connectivity index (χ1v) is 7.78. The van der Waals surface area contributed by atoms with Gasteiger partial charge < -0.3 is 0 Å². The van der Waals surface area contributed by atoms with Gasteiger partial charge in [-0.1, -0.05) is 67.6 Å². The van der Waals surface area contributed by atoms with Crippen molar-refractivity contribution in [1.29, 1.82) is 0 Å².